The highest BCUT2D eigenvalue weighted by Gasteiger charge is 2.33. The summed E-state index contributed by atoms with van der Waals surface area (Å²) in [6.07, 6.45) is 0. The number of rotatable bonds is 2. The van der Waals surface area contributed by atoms with Crippen LogP contribution in [0.3, 0.4) is 0 Å². The van der Waals surface area contributed by atoms with Crippen molar-refractivity contribution < 1.29 is 4.57 Å². The summed E-state index contributed by atoms with van der Waals surface area (Å²) < 4.78 is 12.0. The first-order chi connectivity index (χ1) is 5.06. The second-order valence-corrected chi connectivity index (χ2v) is 11.0. The molecule has 0 aromatic heterocycles. The molecule has 0 atom stereocenters. The van der Waals surface area contributed by atoms with Gasteiger partial charge in [0.1, 0.15) is 0 Å². The third-order valence-electron chi connectivity index (χ3n) is 1.62. The molecule has 1 saturated heterocycles. The Kier molecular flexibility index (Phi) is 3.18. The highest BCUT2D eigenvalue weighted by molar-refractivity contribution is 8.93. The Balaban J connectivity index is 2.72. The zero-order valence-corrected chi connectivity index (χ0v) is 9.40. The van der Waals surface area contributed by atoms with Gasteiger partial charge < -0.3 is 0 Å². The highest BCUT2D eigenvalue weighted by atomic mass is 33.1. The fourth-order valence-electron chi connectivity index (χ4n) is 0.834. The van der Waals surface area contributed by atoms with E-state index in [0.717, 1.165) is 16.8 Å². The van der Waals surface area contributed by atoms with Gasteiger partial charge in [-0.3, -0.25) is 4.57 Å². The molecular formula is C7H13OPS2. The van der Waals surface area contributed by atoms with Crippen molar-refractivity contribution in [2.45, 2.75) is 13.8 Å². The van der Waals surface area contributed by atoms with Gasteiger partial charge in [-0.05, 0) is 5.92 Å². The van der Waals surface area contributed by atoms with E-state index in [-0.39, 0.29) is 0 Å². The monoisotopic (exact) mass is 208 g/mol. The van der Waals surface area contributed by atoms with Crippen LogP contribution in [-0.2, 0) is 4.57 Å². The molecule has 0 spiro atoms. The van der Waals surface area contributed by atoms with Gasteiger partial charge in [-0.1, -0.05) is 43.2 Å². The topological polar surface area (TPSA) is 17.1 Å². The van der Waals surface area contributed by atoms with Crippen molar-refractivity contribution in [3.63, 3.8) is 0 Å². The Morgan fingerprint density at radius 3 is 2.27 bits per heavy atom. The molecule has 11 heavy (non-hydrogen) atoms. The first-order valence-electron chi connectivity index (χ1n) is 3.65. The summed E-state index contributed by atoms with van der Waals surface area (Å²) >= 11 is 3.20. The maximum absolute atomic E-state index is 12.0. The third-order valence-corrected chi connectivity index (χ3v) is 11.0. The molecule has 64 valence electrons. The molecule has 0 aliphatic carbocycles. The Labute approximate surface area is 76.3 Å². The second-order valence-electron chi connectivity index (χ2n) is 2.81. The third kappa shape index (κ3) is 2.07. The minimum Gasteiger partial charge on any atom is -0.296 e. The molecular weight excluding hydrogens is 195 g/mol. The van der Waals surface area contributed by atoms with Crippen LogP contribution in [0, 0.1) is 5.92 Å². The summed E-state index contributed by atoms with van der Waals surface area (Å²) in [5, 5.41) is 0.949. The molecule has 0 aromatic carbocycles. The minimum absolute atomic E-state index is 0.360. The molecule has 0 saturated carbocycles. The van der Waals surface area contributed by atoms with Gasteiger partial charge in [0.25, 0.3) is 0 Å². The summed E-state index contributed by atoms with van der Waals surface area (Å²) in [5.41, 5.74) is -2.08. The molecule has 0 radical (unpaired) electrons. The molecule has 0 aromatic rings. The van der Waals surface area contributed by atoms with Crippen molar-refractivity contribution >= 4 is 28.3 Å². The van der Waals surface area contributed by atoms with Gasteiger partial charge in [0, 0.05) is 16.8 Å². The van der Waals surface area contributed by atoms with E-state index in [9.17, 15) is 4.57 Å². The largest absolute Gasteiger partial charge is 0.296 e. The predicted molar refractivity (Wildman–Crippen MR) is 56.5 cm³/mol. The average Bonchev–Trinajstić information content (AvgIpc) is 2.35. The second kappa shape index (κ2) is 3.59. The lowest BCUT2D eigenvalue weighted by Gasteiger charge is -2.15. The van der Waals surface area contributed by atoms with Crippen LogP contribution in [0.2, 0.25) is 0 Å². The number of allylic oxidation sites excluding steroid dienone is 1. The Bertz CT molecular complexity index is 202. The summed E-state index contributed by atoms with van der Waals surface area (Å²) in [6.45, 7) is 8.02. The van der Waals surface area contributed by atoms with Crippen molar-refractivity contribution in [2.75, 3.05) is 11.5 Å². The lowest BCUT2D eigenvalue weighted by Crippen LogP contribution is -1.87. The molecule has 0 unspecified atom stereocenters. The van der Waals surface area contributed by atoms with Crippen LogP contribution in [0.4, 0.5) is 0 Å². The maximum atomic E-state index is 12.0. The van der Waals surface area contributed by atoms with Gasteiger partial charge in [-0.2, -0.15) is 0 Å². The maximum Gasteiger partial charge on any atom is 0.215 e. The van der Waals surface area contributed by atoms with Crippen LogP contribution in [-0.4, -0.2) is 11.5 Å². The molecule has 0 bridgehead atoms. The summed E-state index contributed by atoms with van der Waals surface area (Å²) in [7, 11) is 0. The van der Waals surface area contributed by atoms with Crippen molar-refractivity contribution in [3.8, 4) is 0 Å². The molecule has 1 rings (SSSR count). The van der Waals surface area contributed by atoms with E-state index in [1.54, 1.807) is 22.8 Å². The number of hydrogen-bond acceptors (Lipinski definition) is 3. The van der Waals surface area contributed by atoms with Gasteiger partial charge >= 0.3 is 0 Å². The van der Waals surface area contributed by atoms with Crippen molar-refractivity contribution in [3.05, 3.63) is 11.9 Å². The first-order valence-corrected chi connectivity index (χ1v) is 8.53. The van der Waals surface area contributed by atoms with Crippen LogP contribution in [0.15, 0.2) is 11.9 Å². The molecule has 0 amide bonds. The molecule has 1 heterocycles. The van der Waals surface area contributed by atoms with Crippen LogP contribution < -0.4 is 0 Å². The minimum atomic E-state index is -2.08. The predicted octanol–water partition coefficient (Wildman–Crippen LogP) is 3.83. The van der Waals surface area contributed by atoms with Gasteiger partial charge in [-0.25, -0.2) is 0 Å². The van der Waals surface area contributed by atoms with Gasteiger partial charge in [-0.15, -0.1) is 0 Å². The fraction of sp³-hybridized carbons (Fsp3) is 0.714. The zero-order chi connectivity index (χ0) is 8.48. The lowest BCUT2D eigenvalue weighted by atomic mass is 10.2. The van der Waals surface area contributed by atoms with E-state index in [1.165, 1.54) is 0 Å². The average molecular weight is 208 g/mol. The SMILES string of the molecule is C=C(C(C)C)P1(=O)SCCS1. The van der Waals surface area contributed by atoms with Crippen molar-refractivity contribution in [1.29, 1.82) is 0 Å². The smallest absolute Gasteiger partial charge is 0.215 e. The van der Waals surface area contributed by atoms with Crippen molar-refractivity contribution in [1.82, 2.24) is 0 Å². The summed E-state index contributed by atoms with van der Waals surface area (Å²) in [4.78, 5) is 0. The molecule has 1 nitrogen and oxygen atoms in total. The van der Waals surface area contributed by atoms with Crippen LogP contribution in [0.5, 0.6) is 0 Å². The van der Waals surface area contributed by atoms with Gasteiger partial charge in [0.05, 0.1) is 0 Å². The fourth-order valence-corrected chi connectivity index (χ4v) is 10.2. The van der Waals surface area contributed by atoms with Crippen molar-refractivity contribution in [2.24, 2.45) is 5.92 Å². The Hall–Kier alpha value is 0.670. The van der Waals surface area contributed by atoms with E-state index < -0.39 is 5.55 Å². The van der Waals surface area contributed by atoms with E-state index in [1.807, 2.05) is 0 Å². The van der Waals surface area contributed by atoms with E-state index in [2.05, 4.69) is 20.4 Å². The highest BCUT2D eigenvalue weighted by Crippen LogP contribution is 2.78. The van der Waals surface area contributed by atoms with E-state index in [4.69, 9.17) is 0 Å². The molecule has 0 N–H and O–H groups in total. The zero-order valence-electron chi connectivity index (χ0n) is 6.87. The Morgan fingerprint density at radius 1 is 1.45 bits per heavy atom. The first kappa shape index (κ1) is 9.76. The van der Waals surface area contributed by atoms with E-state index in [0.29, 0.717) is 5.92 Å². The Morgan fingerprint density at radius 2 is 1.91 bits per heavy atom. The van der Waals surface area contributed by atoms with Gasteiger partial charge in [0.15, 0.2) is 0 Å². The molecule has 1 fully saturated rings. The molecule has 1 aliphatic rings. The summed E-state index contributed by atoms with van der Waals surface area (Å²) in [5.74, 6) is 2.40. The normalized spacial score (nSPS) is 22.5. The van der Waals surface area contributed by atoms with Crippen LogP contribution in [0.1, 0.15) is 13.8 Å². The summed E-state index contributed by atoms with van der Waals surface area (Å²) in [6, 6.07) is 0. The standard InChI is InChI=1S/C7H13OPS2/c1-6(2)7(3)9(8)10-4-5-11-9/h6H,3-5H2,1-2H3. The van der Waals surface area contributed by atoms with Crippen LogP contribution in [0.25, 0.3) is 0 Å². The molecule has 4 heteroatoms. The lowest BCUT2D eigenvalue weighted by molar-refractivity contribution is 0.593. The molecule has 1 aliphatic heterocycles. The quantitative estimate of drug-likeness (QED) is 0.642. The van der Waals surface area contributed by atoms with Crippen LogP contribution >= 0.6 is 28.3 Å². The number of hydrogen-bond donors (Lipinski definition) is 0. The van der Waals surface area contributed by atoms with Gasteiger partial charge in [0.2, 0.25) is 5.55 Å². The van der Waals surface area contributed by atoms with E-state index >= 15 is 0 Å².